The third-order valence-electron chi connectivity index (χ3n) is 4.10. The molecule has 4 heteroatoms. The lowest BCUT2D eigenvalue weighted by Gasteiger charge is -2.41. The molecule has 3 nitrogen and oxygen atoms in total. The molecule has 2 aromatic rings. The fourth-order valence-corrected chi connectivity index (χ4v) is 2.98. The predicted molar refractivity (Wildman–Crippen MR) is 80.0 cm³/mol. The fraction of sp³-hybridized carbons (Fsp3) is 0.250. The molecule has 1 aliphatic rings. The quantitative estimate of drug-likeness (QED) is 0.877. The van der Waals surface area contributed by atoms with E-state index < -0.39 is 5.41 Å². The van der Waals surface area contributed by atoms with Gasteiger partial charge in [0.25, 0.3) is 0 Å². The van der Waals surface area contributed by atoms with Crippen molar-refractivity contribution in [1.29, 1.82) is 0 Å². The smallest absolute Gasteiger partial charge is 0.177 e. The number of hydrogen-bond acceptors (Lipinski definition) is 3. The van der Waals surface area contributed by atoms with Crippen molar-refractivity contribution < 1.29 is 4.79 Å². The molecular weight excluding hydrogens is 272 g/mol. The zero-order valence-electron chi connectivity index (χ0n) is 11.0. The van der Waals surface area contributed by atoms with Crippen LogP contribution >= 0.6 is 11.6 Å². The van der Waals surface area contributed by atoms with Crippen molar-refractivity contribution in [3.05, 3.63) is 58.7 Å². The monoisotopic (exact) mass is 286 g/mol. The Morgan fingerprint density at radius 3 is 2.55 bits per heavy atom. The van der Waals surface area contributed by atoms with Gasteiger partial charge in [-0.3, -0.25) is 4.79 Å². The first-order valence-corrected chi connectivity index (χ1v) is 7.03. The van der Waals surface area contributed by atoms with Gasteiger partial charge in [-0.1, -0.05) is 48.4 Å². The van der Waals surface area contributed by atoms with Crippen LogP contribution in [0.15, 0.2) is 42.6 Å². The Hall–Kier alpha value is -1.87. The number of nitrogen functional groups attached to an aromatic ring is 1. The van der Waals surface area contributed by atoms with E-state index >= 15 is 0 Å². The highest BCUT2D eigenvalue weighted by Gasteiger charge is 2.46. The van der Waals surface area contributed by atoms with Crippen LogP contribution in [0.2, 0.25) is 5.02 Å². The van der Waals surface area contributed by atoms with Gasteiger partial charge in [0.05, 0.1) is 16.0 Å². The summed E-state index contributed by atoms with van der Waals surface area (Å²) in [6.45, 7) is 0. The van der Waals surface area contributed by atoms with E-state index in [9.17, 15) is 4.79 Å². The number of pyridine rings is 1. The molecule has 2 N–H and O–H groups in total. The summed E-state index contributed by atoms with van der Waals surface area (Å²) in [6, 6.07) is 11.5. The highest BCUT2D eigenvalue weighted by molar-refractivity contribution is 6.31. The molecule has 20 heavy (non-hydrogen) atoms. The molecule has 0 unspecified atom stereocenters. The maximum atomic E-state index is 12.9. The number of hydrogen-bond donors (Lipinski definition) is 1. The molecule has 1 saturated carbocycles. The van der Waals surface area contributed by atoms with Gasteiger partial charge in [-0.15, -0.1) is 0 Å². The molecule has 0 saturated heterocycles. The molecule has 3 rings (SSSR count). The maximum absolute atomic E-state index is 12.9. The van der Waals surface area contributed by atoms with Crippen LogP contribution in [0.1, 0.15) is 35.2 Å². The standard InChI is InChI=1S/C16H15ClN2O/c17-12-9-13(15(18)19-10-12)14(20)16(7-4-8-16)11-5-2-1-3-6-11/h1-3,5-6,9-10H,4,7-8H2,(H2,18,19). The number of aromatic nitrogens is 1. The van der Waals surface area contributed by atoms with Gasteiger partial charge >= 0.3 is 0 Å². The molecule has 1 aliphatic carbocycles. The molecule has 1 aromatic carbocycles. The fourth-order valence-electron chi connectivity index (χ4n) is 2.82. The highest BCUT2D eigenvalue weighted by Crippen LogP contribution is 2.46. The molecule has 1 heterocycles. The van der Waals surface area contributed by atoms with Gasteiger partial charge in [-0.2, -0.15) is 0 Å². The molecule has 0 spiro atoms. The van der Waals surface area contributed by atoms with Crippen molar-refractivity contribution in [3.63, 3.8) is 0 Å². The van der Waals surface area contributed by atoms with Gasteiger partial charge in [-0.05, 0) is 24.5 Å². The molecule has 0 radical (unpaired) electrons. The van der Waals surface area contributed by atoms with Gasteiger partial charge in [0, 0.05) is 6.20 Å². The Kier molecular flexibility index (Phi) is 3.22. The second kappa shape index (κ2) is 4.91. The number of nitrogens with zero attached hydrogens (tertiary/aromatic N) is 1. The van der Waals surface area contributed by atoms with E-state index in [4.69, 9.17) is 17.3 Å². The van der Waals surface area contributed by atoms with Gasteiger partial charge in [0.2, 0.25) is 0 Å². The van der Waals surface area contributed by atoms with Crippen LogP contribution in [0.4, 0.5) is 5.82 Å². The van der Waals surface area contributed by atoms with Crippen molar-refractivity contribution in [1.82, 2.24) is 4.98 Å². The Labute approximate surface area is 122 Å². The van der Waals surface area contributed by atoms with Gasteiger partial charge < -0.3 is 5.73 Å². The summed E-state index contributed by atoms with van der Waals surface area (Å²) >= 11 is 5.95. The third kappa shape index (κ3) is 1.98. The Bertz CT molecular complexity index is 651. The average Bonchev–Trinajstić information content (AvgIpc) is 2.41. The lowest BCUT2D eigenvalue weighted by Crippen LogP contribution is -2.42. The van der Waals surface area contributed by atoms with E-state index in [1.54, 1.807) is 6.07 Å². The highest BCUT2D eigenvalue weighted by atomic mass is 35.5. The van der Waals surface area contributed by atoms with Crippen molar-refractivity contribution in [3.8, 4) is 0 Å². The lowest BCUT2D eigenvalue weighted by atomic mass is 9.61. The normalized spacial score (nSPS) is 16.4. The minimum absolute atomic E-state index is 0.0300. The van der Waals surface area contributed by atoms with Crippen LogP contribution in [0.5, 0.6) is 0 Å². The molecule has 1 aromatic heterocycles. The van der Waals surface area contributed by atoms with Crippen LogP contribution in [0.25, 0.3) is 0 Å². The topological polar surface area (TPSA) is 56.0 Å². The number of benzene rings is 1. The first-order chi connectivity index (χ1) is 9.63. The molecule has 0 amide bonds. The maximum Gasteiger partial charge on any atom is 0.177 e. The Morgan fingerprint density at radius 2 is 1.95 bits per heavy atom. The Morgan fingerprint density at radius 1 is 1.25 bits per heavy atom. The minimum atomic E-state index is -0.457. The van der Waals surface area contributed by atoms with Gasteiger partial charge in [0.15, 0.2) is 5.78 Å². The molecule has 0 atom stereocenters. The van der Waals surface area contributed by atoms with Crippen molar-refractivity contribution >= 4 is 23.2 Å². The average molecular weight is 287 g/mol. The molecule has 0 bridgehead atoms. The molecular formula is C16H15ClN2O. The van der Waals surface area contributed by atoms with E-state index in [0.717, 1.165) is 24.8 Å². The number of nitrogens with two attached hydrogens (primary N) is 1. The molecule has 1 fully saturated rings. The van der Waals surface area contributed by atoms with E-state index in [2.05, 4.69) is 4.98 Å². The summed E-state index contributed by atoms with van der Waals surface area (Å²) in [6.07, 6.45) is 4.21. The summed E-state index contributed by atoms with van der Waals surface area (Å²) in [5.41, 5.74) is 6.88. The van der Waals surface area contributed by atoms with Crippen LogP contribution in [0, 0.1) is 0 Å². The number of carbonyl (C=O) groups excluding carboxylic acids is 1. The number of halogens is 1. The predicted octanol–water partition coefficient (Wildman–Crippen LogP) is 3.62. The summed E-state index contributed by atoms with van der Waals surface area (Å²) in [5, 5.41) is 0.435. The Balaban J connectivity index is 2.06. The van der Waals surface area contributed by atoms with Crippen LogP contribution in [-0.2, 0) is 5.41 Å². The van der Waals surface area contributed by atoms with Gasteiger partial charge in [-0.25, -0.2) is 4.98 Å². The van der Waals surface area contributed by atoms with E-state index in [-0.39, 0.29) is 11.6 Å². The summed E-state index contributed by atoms with van der Waals surface area (Å²) in [4.78, 5) is 16.9. The zero-order chi connectivity index (χ0) is 14.2. The first kappa shape index (κ1) is 13.1. The van der Waals surface area contributed by atoms with Crippen molar-refractivity contribution in [2.45, 2.75) is 24.7 Å². The third-order valence-corrected chi connectivity index (χ3v) is 4.30. The van der Waals surface area contributed by atoms with Crippen molar-refractivity contribution in [2.75, 3.05) is 5.73 Å². The number of carbonyl (C=O) groups is 1. The van der Waals surface area contributed by atoms with Crippen LogP contribution < -0.4 is 5.73 Å². The number of Topliss-reactive ketones (excluding diaryl/α,β-unsaturated/α-hetero) is 1. The van der Waals surface area contributed by atoms with Gasteiger partial charge in [0.1, 0.15) is 5.82 Å². The summed E-state index contributed by atoms with van der Waals surface area (Å²) < 4.78 is 0. The van der Waals surface area contributed by atoms with E-state index in [0.29, 0.717) is 10.6 Å². The SMILES string of the molecule is Nc1ncc(Cl)cc1C(=O)C1(c2ccccc2)CCC1. The summed E-state index contributed by atoms with van der Waals surface area (Å²) in [5.74, 6) is 0.282. The second-order valence-corrected chi connectivity index (χ2v) is 5.65. The second-order valence-electron chi connectivity index (χ2n) is 5.22. The van der Waals surface area contributed by atoms with E-state index in [1.807, 2.05) is 30.3 Å². The number of anilines is 1. The molecule has 0 aliphatic heterocycles. The number of ketones is 1. The number of rotatable bonds is 3. The largest absolute Gasteiger partial charge is 0.383 e. The summed E-state index contributed by atoms with van der Waals surface area (Å²) in [7, 11) is 0. The first-order valence-electron chi connectivity index (χ1n) is 6.65. The van der Waals surface area contributed by atoms with Crippen molar-refractivity contribution in [2.24, 2.45) is 0 Å². The van der Waals surface area contributed by atoms with Crippen LogP contribution in [-0.4, -0.2) is 10.8 Å². The zero-order valence-corrected chi connectivity index (χ0v) is 11.7. The lowest BCUT2D eigenvalue weighted by molar-refractivity contribution is 0.0789. The minimum Gasteiger partial charge on any atom is -0.383 e. The molecule has 102 valence electrons. The van der Waals surface area contributed by atoms with Crippen LogP contribution in [0.3, 0.4) is 0 Å². The van der Waals surface area contributed by atoms with E-state index in [1.165, 1.54) is 6.20 Å².